The van der Waals surface area contributed by atoms with Gasteiger partial charge in [0.05, 0.1) is 12.8 Å². The van der Waals surface area contributed by atoms with Crippen molar-refractivity contribution in [2.24, 2.45) is 0 Å². The van der Waals surface area contributed by atoms with E-state index < -0.39 is 23.9 Å². The second-order valence-electron chi connectivity index (χ2n) is 2.15. The van der Waals surface area contributed by atoms with Crippen molar-refractivity contribution in [1.82, 2.24) is 0 Å². The molecule has 0 aromatic carbocycles. The van der Waals surface area contributed by atoms with E-state index in [2.05, 4.69) is 0 Å². The predicted octanol–water partition coefficient (Wildman–Crippen LogP) is -0.905. The fourth-order valence-corrected chi connectivity index (χ4v) is 0.321. The van der Waals surface area contributed by atoms with E-state index in [1.54, 1.807) is 0 Å². The number of carboxylic acids is 4. The average Bonchev–Trinajstić information content (AvgIpc) is 2.12. The maximum absolute atomic E-state index is 9.64. The number of carbonyl (C=O) groups is 4. The van der Waals surface area contributed by atoms with Crippen molar-refractivity contribution < 1.29 is 39.6 Å². The third kappa shape index (κ3) is 22.5. The molecule has 0 aromatic rings. The molecule has 0 bridgehead atoms. The van der Waals surface area contributed by atoms with Crippen LogP contribution >= 0.6 is 0 Å². The van der Waals surface area contributed by atoms with Crippen molar-refractivity contribution in [2.75, 3.05) is 0 Å². The lowest BCUT2D eigenvalue weighted by Gasteiger charge is -1.85. The summed E-state index contributed by atoms with van der Waals surface area (Å²) in [6.07, 6.45) is -0.593. The Morgan fingerprint density at radius 2 is 0.938 bits per heavy atom. The van der Waals surface area contributed by atoms with Gasteiger partial charge in [0, 0.05) is 11.8 Å². The topological polar surface area (TPSA) is 149 Å². The molecule has 0 rings (SSSR count). The van der Waals surface area contributed by atoms with Gasteiger partial charge >= 0.3 is 23.9 Å². The molecular formula is C8H8O8. The Kier molecular flexibility index (Phi) is 8.95. The number of hydrogen-bond acceptors (Lipinski definition) is 4. The first-order chi connectivity index (χ1) is 7.25. The van der Waals surface area contributed by atoms with Crippen LogP contribution in [0.25, 0.3) is 0 Å². The molecule has 16 heavy (non-hydrogen) atoms. The predicted molar refractivity (Wildman–Crippen MR) is 47.6 cm³/mol. The molecule has 0 aliphatic rings. The molecule has 8 heteroatoms. The van der Waals surface area contributed by atoms with Crippen molar-refractivity contribution in [2.45, 2.75) is 12.8 Å². The number of rotatable bonds is 3. The van der Waals surface area contributed by atoms with E-state index in [0.717, 1.165) is 0 Å². The van der Waals surface area contributed by atoms with Gasteiger partial charge in [-0.3, -0.25) is 9.59 Å². The van der Waals surface area contributed by atoms with Crippen LogP contribution in [-0.2, 0) is 19.2 Å². The van der Waals surface area contributed by atoms with Gasteiger partial charge in [-0.2, -0.15) is 0 Å². The highest BCUT2D eigenvalue weighted by molar-refractivity contribution is 5.96. The minimum absolute atomic E-state index is 0.296. The van der Waals surface area contributed by atoms with Gasteiger partial charge < -0.3 is 20.4 Å². The van der Waals surface area contributed by atoms with Crippen LogP contribution in [0.3, 0.4) is 0 Å². The first-order valence-corrected chi connectivity index (χ1v) is 3.67. The summed E-state index contributed by atoms with van der Waals surface area (Å²) in [4.78, 5) is 38.2. The smallest absolute Gasteiger partial charge is 0.382 e. The molecule has 0 aromatic heterocycles. The summed E-state index contributed by atoms with van der Waals surface area (Å²) >= 11 is 0. The lowest BCUT2D eigenvalue weighted by atomic mass is 10.3. The van der Waals surface area contributed by atoms with E-state index >= 15 is 0 Å². The molecule has 0 atom stereocenters. The van der Waals surface area contributed by atoms with Gasteiger partial charge in [-0.05, 0) is 0 Å². The third-order valence-electron chi connectivity index (χ3n) is 0.829. The SMILES string of the molecule is O=C(O)C#CC(=O)O.O=C(O)CCC(=O)O. The van der Waals surface area contributed by atoms with Gasteiger partial charge in [-0.15, -0.1) is 0 Å². The van der Waals surface area contributed by atoms with Gasteiger partial charge in [-0.1, -0.05) is 0 Å². The molecule has 0 fully saturated rings. The Morgan fingerprint density at radius 3 is 1.06 bits per heavy atom. The van der Waals surface area contributed by atoms with Crippen LogP contribution in [-0.4, -0.2) is 44.3 Å². The molecule has 0 saturated carbocycles. The summed E-state index contributed by atoms with van der Waals surface area (Å²) in [5.74, 6) is -2.20. The van der Waals surface area contributed by atoms with Crippen molar-refractivity contribution in [3.05, 3.63) is 0 Å². The molecule has 0 unspecified atom stereocenters. The zero-order chi connectivity index (χ0) is 13.1. The Morgan fingerprint density at radius 1 is 0.688 bits per heavy atom. The lowest BCUT2D eigenvalue weighted by Crippen LogP contribution is -2.00. The quantitative estimate of drug-likeness (QED) is 0.457. The summed E-state index contributed by atoms with van der Waals surface area (Å²) in [6.45, 7) is 0. The minimum Gasteiger partial charge on any atom is -0.481 e. The maximum Gasteiger partial charge on any atom is 0.382 e. The molecule has 8 nitrogen and oxygen atoms in total. The Balaban J connectivity index is 0. The number of carboxylic acid groups (broad SMARTS) is 4. The molecule has 0 aliphatic carbocycles. The molecule has 0 saturated heterocycles. The minimum atomic E-state index is -1.44. The molecule has 0 spiro atoms. The third-order valence-corrected chi connectivity index (χ3v) is 0.829. The Hall–Kier alpha value is -2.56. The monoisotopic (exact) mass is 232 g/mol. The van der Waals surface area contributed by atoms with E-state index in [1.165, 1.54) is 11.8 Å². The van der Waals surface area contributed by atoms with Gasteiger partial charge in [0.15, 0.2) is 0 Å². The molecule has 4 N–H and O–H groups in total. The Labute approximate surface area is 89.1 Å². The van der Waals surface area contributed by atoms with Crippen LogP contribution in [0.4, 0.5) is 0 Å². The van der Waals surface area contributed by atoms with Crippen LogP contribution in [0, 0.1) is 11.8 Å². The van der Waals surface area contributed by atoms with Crippen molar-refractivity contribution >= 4 is 23.9 Å². The fourth-order valence-electron chi connectivity index (χ4n) is 0.321. The summed E-state index contributed by atoms with van der Waals surface area (Å²) in [7, 11) is 0. The first kappa shape index (κ1) is 15.9. The number of hydrogen-bond donors (Lipinski definition) is 4. The molecule has 88 valence electrons. The van der Waals surface area contributed by atoms with Crippen molar-refractivity contribution in [3.63, 3.8) is 0 Å². The number of aliphatic carboxylic acids is 4. The highest BCUT2D eigenvalue weighted by Gasteiger charge is 2.00. The van der Waals surface area contributed by atoms with Gasteiger partial charge in [0.2, 0.25) is 0 Å². The van der Waals surface area contributed by atoms with Crippen LogP contribution in [0.1, 0.15) is 12.8 Å². The van der Waals surface area contributed by atoms with Crippen molar-refractivity contribution in [3.8, 4) is 11.8 Å². The molecule has 0 radical (unpaired) electrons. The van der Waals surface area contributed by atoms with Crippen LogP contribution < -0.4 is 0 Å². The molecule has 0 amide bonds. The summed E-state index contributed by atoms with van der Waals surface area (Å²) in [5, 5.41) is 31.2. The largest absolute Gasteiger partial charge is 0.481 e. The van der Waals surface area contributed by atoms with Gasteiger partial charge in [0.25, 0.3) is 0 Å². The summed E-state index contributed by atoms with van der Waals surface area (Å²) in [6, 6.07) is 0. The van der Waals surface area contributed by atoms with Crippen LogP contribution in [0.5, 0.6) is 0 Å². The van der Waals surface area contributed by atoms with Crippen molar-refractivity contribution in [1.29, 1.82) is 0 Å². The highest BCUT2D eigenvalue weighted by atomic mass is 16.4. The standard InChI is InChI=1S/C4H6O4.C4H2O4/c2*5-3(6)1-2-4(7)8/h1-2H2,(H,5,6)(H,7,8);(H,5,6)(H,7,8). The normalized spacial score (nSPS) is 7.50. The maximum atomic E-state index is 9.64. The van der Waals surface area contributed by atoms with Gasteiger partial charge in [-0.25, -0.2) is 9.59 Å². The second kappa shape index (κ2) is 9.01. The molecule has 0 aliphatic heterocycles. The lowest BCUT2D eigenvalue weighted by molar-refractivity contribution is -0.143. The van der Waals surface area contributed by atoms with E-state index in [9.17, 15) is 19.2 Å². The van der Waals surface area contributed by atoms with Gasteiger partial charge in [0.1, 0.15) is 0 Å². The molecule has 0 heterocycles. The molecular weight excluding hydrogens is 224 g/mol. The average molecular weight is 232 g/mol. The summed E-state index contributed by atoms with van der Waals surface area (Å²) < 4.78 is 0. The zero-order valence-electron chi connectivity index (χ0n) is 7.84. The summed E-state index contributed by atoms with van der Waals surface area (Å²) in [5.41, 5.74) is 0. The van der Waals surface area contributed by atoms with E-state index in [-0.39, 0.29) is 12.8 Å². The first-order valence-electron chi connectivity index (χ1n) is 3.67. The van der Waals surface area contributed by atoms with Crippen LogP contribution in [0.15, 0.2) is 0 Å². The fraction of sp³-hybridized carbons (Fsp3) is 0.250. The highest BCUT2D eigenvalue weighted by Crippen LogP contribution is 1.86. The van der Waals surface area contributed by atoms with Crippen LogP contribution in [0.2, 0.25) is 0 Å². The van der Waals surface area contributed by atoms with E-state index in [1.807, 2.05) is 0 Å². The van der Waals surface area contributed by atoms with E-state index in [0.29, 0.717) is 0 Å². The zero-order valence-corrected chi connectivity index (χ0v) is 7.84. The van der Waals surface area contributed by atoms with E-state index in [4.69, 9.17) is 20.4 Å². The Bertz CT molecular complexity index is 313. The second-order valence-corrected chi connectivity index (χ2v) is 2.15.